The molecule has 26 heavy (non-hydrogen) atoms. The molecular formula is C21H22N2O3. The molecule has 0 atom stereocenters. The Morgan fingerprint density at radius 2 is 1.69 bits per heavy atom. The molecule has 134 valence electrons. The molecule has 2 N–H and O–H groups in total. The fraction of sp³-hybridized carbons (Fsp3) is 0.238. The van der Waals surface area contributed by atoms with Crippen LogP contribution in [0.3, 0.4) is 0 Å². The summed E-state index contributed by atoms with van der Waals surface area (Å²) in [5, 5.41) is 0. The summed E-state index contributed by atoms with van der Waals surface area (Å²) in [6.07, 6.45) is 4.61. The molecule has 2 aromatic carbocycles. The van der Waals surface area contributed by atoms with Crippen LogP contribution in [0, 0.1) is 5.92 Å². The van der Waals surface area contributed by atoms with E-state index in [1.165, 1.54) is 0 Å². The van der Waals surface area contributed by atoms with E-state index in [9.17, 15) is 9.59 Å². The smallest absolute Gasteiger partial charge is 0.246 e. The molecule has 1 aliphatic heterocycles. The number of hydrogen-bond donors (Lipinski definition) is 1. The Balaban J connectivity index is 1.59. The molecule has 5 heteroatoms. The summed E-state index contributed by atoms with van der Waals surface area (Å²) in [7, 11) is 0. The van der Waals surface area contributed by atoms with Gasteiger partial charge >= 0.3 is 0 Å². The Hall–Kier alpha value is -3.08. The SMILES string of the molecule is NC(=O)C1CCN(C(=O)/C=C/c2cccc(Oc3ccccc3)c2)CC1. The van der Waals surface area contributed by atoms with Gasteiger partial charge < -0.3 is 15.4 Å². The van der Waals surface area contributed by atoms with E-state index in [0.29, 0.717) is 31.7 Å². The maximum Gasteiger partial charge on any atom is 0.246 e. The number of ether oxygens (including phenoxy) is 1. The molecular weight excluding hydrogens is 328 g/mol. The van der Waals surface area contributed by atoms with Crippen molar-refractivity contribution in [1.82, 2.24) is 4.90 Å². The molecule has 0 bridgehead atoms. The minimum atomic E-state index is -0.275. The summed E-state index contributed by atoms with van der Waals surface area (Å²) in [4.78, 5) is 25.3. The van der Waals surface area contributed by atoms with Gasteiger partial charge in [0.2, 0.25) is 11.8 Å². The Bertz CT molecular complexity index is 794. The maximum atomic E-state index is 12.3. The van der Waals surface area contributed by atoms with E-state index in [-0.39, 0.29) is 17.7 Å². The number of nitrogens with two attached hydrogens (primary N) is 1. The topological polar surface area (TPSA) is 72.6 Å². The van der Waals surface area contributed by atoms with Crippen LogP contribution in [-0.4, -0.2) is 29.8 Å². The van der Waals surface area contributed by atoms with E-state index in [1.54, 1.807) is 17.1 Å². The van der Waals surface area contributed by atoms with Crippen LogP contribution in [-0.2, 0) is 9.59 Å². The fourth-order valence-electron chi connectivity index (χ4n) is 2.96. The number of benzene rings is 2. The third-order valence-corrected chi connectivity index (χ3v) is 4.46. The van der Waals surface area contributed by atoms with Gasteiger partial charge in [-0.3, -0.25) is 9.59 Å². The molecule has 0 spiro atoms. The molecule has 0 unspecified atom stereocenters. The number of nitrogens with zero attached hydrogens (tertiary/aromatic N) is 1. The predicted octanol–water partition coefficient (Wildman–Crippen LogP) is 3.22. The number of rotatable bonds is 5. The highest BCUT2D eigenvalue weighted by molar-refractivity contribution is 5.92. The quantitative estimate of drug-likeness (QED) is 0.842. The van der Waals surface area contributed by atoms with E-state index < -0.39 is 0 Å². The number of piperidine rings is 1. The lowest BCUT2D eigenvalue weighted by Crippen LogP contribution is -2.41. The number of carbonyl (C=O) groups is 2. The van der Waals surface area contributed by atoms with E-state index in [1.807, 2.05) is 54.6 Å². The average molecular weight is 350 g/mol. The zero-order chi connectivity index (χ0) is 18.4. The zero-order valence-corrected chi connectivity index (χ0v) is 14.5. The highest BCUT2D eigenvalue weighted by Gasteiger charge is 2.24. The van der Waals surface area contributed by atoms with Crippen LogP contribution in [0.4, 0.5) is 0 Å². The number of primary amides is 1. The van der Waals surface area contributed by atoms with Gasteiger partial charge in [0.1, 0.15) is 11.5 Å². The van der Waals surface area contributed by atoms with Crippen LogP contribution >= 0.6 is 0 Å². The minimum absolute atomic E-state index is 0.0534. The highest BCUT2D eigenvalue weighted by Crippen LogP contribution is 2.22. The Labute approximate surface area is 153 Å². The second kappa shape index (κ2) is 8.34. The van der Waals surface area contributed by atoms with Gasteiger partial charge in [-0.05, 0) is 48.7 Å². The molecule has 1 fully saturated rings. The normalized spacial score (nSPS) is 15.2. The van der Waals surface area contributed by atoms with Crippen LogP contribution in [0.1, 0.15) is 18.4 Å². The molecule has 5 nitrogen and oxygen atoms in total. The van der Waals surface area contributed by atoms with Crippen molar-refractivity contribution in [2.45, 2.75) is 12.8 Å². The van der Waals surface area contributed by atoms with Crippen molar-refractivity contribution >= 4 is 17.9 Å². The lowest BCUT2D eigenvalue weighted by molar-refractivity contribution is -0.130. The second-order valence-corrected chi connectivity index (χ2v) is 6.32. The molecule has 2 amide bonds. The summed E-state index contributed by atoms with van der Waals surface area (Å²) < 4.78 is 5.80. The van der Waals surface area contributed by atoms with Gasteiger partial charge in [-0.1, -0.05) is 30.3 Å². The van der Waals surface area contributed by atoms with Gasteiger partial charge in [-0.15, -0.1) is 0 Å². The monoisotopic (exact) mass is 350 g/mol. The largest absolute Gasteiger partial charge is 0.457 e. The summed E-state index contributed by atoms with van der Waals surface area (Å²) in [6.45, 7) is 1.13. The van der Waals surface area contributed by atoms with Crippen molar-refractivity contribution < 1.29 is 14.3 Å². The van der Waals surface area contributed by atoms with Gasteiger partial charge in [0.15, 0.2) is 0 Å². The molecule has 2 aromatic rings. The van der Waals surface area contributed by atoms with Crippen molar-refractivity contribution in [3.05, 3.63) is 66.2 Å². The number of amides is 2. The molecule has 0 radical (unpaired) electrons. The third-order valence-electron chi connectivity index (χ3n) is 4.46. The highest BCUT2D eigenvalue weighted by atomic mass is 16.5. The van der Waals surface area contributed by atoms with E-state index in [2.05, 4.69) is 0 Å². The second-order valence-electron chi connectivity index (χ2n) is 6.32. The molecule has 1 saturated heterocycles. The lowest BCUT2D eigenvalue weighted by atomic mass is 9.96. The molecule has 1 heterocycles. The average Bonchev–Trinajstić information content (AvgIpc) is 2.67. The standard InChI is InChI=1S/C21H22N2O3/c22-21(25)17-11-13-23(14-12-17)20(24)10-9-16-5-4-8-19(15-16)26-18-6-2-1-3-7-18/h1-10,15,17H,11-14H2,(H2,22,25)/b10-9+. The summed E-state index contributed by atoms with van der Waals surface area (Å²) in [6, 6.07) is 17.1. The van der Waals surface area contributed by atoms with Crippen molar-refractivity contribution in [3.63, 3.8) is 0 Å². The number of carbonyl (C=O) groups excluding carboxylic acids is 2. The van der Waals surface area contributed by atoms with Crippen molar-refractivity contribution in [2.75, 3.05) is 13.1 Å². The first-order valence-electron chi connectivity index (χ1n) is 8.71. The third kappa shape index (κ3) is 4.72. The van der Waals surface area contributed by atoms with Crippen LogP contribution < -0.4 is 10.5 Å². The van der Waals surface area contributed by atoms with Gasteiger partial charge in [0.05, 0.1) is 0 Å². The zero-order valence-electron chi connectivity index (χ0n) is 14.5. The van der Waals surface area contributed by atoms with Gasteiger partial charge in [-0.2, -0.15) is 0 Å². The van der Waals surface area contributed by atoms with Gasteiger partial charge in [-0.25, -0.2) is 0 Å². The fourth-order valence-corrected chi connectivity index (χ4v) is 2.96. The van der Waals surface area contributed by atoms with Crippen LogP contribution in [0.15, 0.2) is 60.7 Å². The molecule has 3 rings (SSSR count). The van der Waals surface area contributed by atoms with Crippen molar-refractivity contribution in [3.8, 4) is 11.5 Å². The van der Waals surface area contributed by atoms with Gasteiger partial charge in [0, 0.05) is 25.1 Å². The first-order chi connectivity index (χ1) is 12.6. The van der Waals surface area contributed by atoms with Crippen molar-refractivity contribution in [2.24, 2.45) is 11.7 Å². The van der Waals surface area contributed by atoms with Crippen LogP contribution in [0.5, 0.6) is 11.5 Å². The number of hydrogen-bond acceptors (Lipinski definition) is 3. The summed E-state index contributed by atoms with van der Waals surface area (Å²) >= 11 is 0. The van der Waals surface area contributed by atoms with E-state index in [4.69, 9.17) is 10.5 Å². The molecule has 0 aliphatic carbocycles. The van der Waals surface area contributed by atoms with Gasteiger partial charge in [0.25, 0.3) is 0 Å². The maximum absolute atomic E-state index is 12.3. The summed E-state index contributed by atoms with van der Waals surface area (Å²) in [5.41, 5.74) is 6.21. The van der Waals surface area contributed by atoms with Crippen LogP contribution in [0.25, 0.3) is 6.08 Å². The lowest BCUT2D eigenvalue weighted by Gasteiger charge is -2.29. The molecule has 1 aliphatic rings. The van der Waals surface area contributed by atoms with E-state index >= 15 is 0 Å². The molecule has 0 aromatic heterocycles. The Kier molecular flexibility index (Phi) is 5.69. The number of likely N-dealkylation sites (tertiary alicyclic amines) is 1. The minimum Gasteiger partial charge on any atom is -0.457 e. The first-order valence-corrected chi connectivity index (χ1v) is 8.71. The Morgan fingerprint density at radius 1 is 1.00 bits per heavy atom. The van der Waals surface area contributed by atoms with E-state index in [0.717, 1.165) is 11.3 Å². The molecule has 0 saturated carbocycles. The van der Waals surface area contributed by atoms with Crippen molar-refractivity contribution in [1.29, 1.82) is 0 Å². The predicted molar refractivity (Wildman–Crippen MR) is 100 cm³/mol. The number of para-hydroxylation sites is 1. The first kappa shape index (κ1) is 17.7. The Morgan fingerprint density at radius 3 is 2.38 bits per heavy atom. The van der Waals surface area contributed by atoms with Crippen LogP contribution in [0.2, 0.25) is 0 Å². The summed E-state index contributed by atoms with van der Waals surface area (Å²) in [5.74, 6) is 1.04.